The molecule has 1 saturated heterocycles. The number of hydrogen-bond donors (Lipinski definition) is 0. The number of benzene rings is 3. The second kappa shape index (κ2) is 9.54. The number of amides is 2. The number of imide groups is 1. The molecule has 0 N–H and O–H groups in total. The van der Waals surface area contributed by atoms with Crippen LogP contribution >= 0.6 is 23.4 Å². The summed E-state index contributed by atoms with van der Waals surface area (Å²) in [6.07, 6.45) is 1.70. The van der Waals surface area contributed by atoms with Gasteiger partial charge in [0.2, 0.25) is 0 Å². The van der Waals surface area contributed by atoms with Crippen LogP contribution in [0.15, 0.2) is 59.5 Å². The van der Waals surface area contributed by atoms with Gasteiger partial charge in [-0.15, -0.1) is 0 Å². The fourth-order valence-corrected chi connectivity index (χ4v) is 4.34. The first-order valence-electron chi connectivity index (χ1n) is 9.78. The molecule has 164 valence electrons. The molecule has 0 aromatic heterocycles. The van der Waals surface area contributed by atoms with Crippen molar-refractivity contribution in [1.82, 2.24) is 4.90 Å². The van der Waals surface area contributed by atoms with E-state index in [0.717, 1.165) is 22.5 Å². The van der Waals surface area contributed by atoms with Gasteiger partial charge in [0, 0.05) is 10.6 Å². The molecular weight excluding hydrogens is 450 g/mol. The summed E-state index contributed by atoms with van der Waals surface area (Å²) in [5, 5.41) is 2.10. The highest BCUT2D eigenvalue weighted by Gasteiger charge is 2.35. The lowest BCUT2D eigenvalue weighted by Crippen LogP contribution is -2.32. The van der Waals surface area contributed by atoms with Crippen LogP contribution in [0.3, 0.4) is 0 Å². The minimum Gasteiger partial charge on any atom is -0.497 e. The Kier molecular flexibility index (Phi) is 6.58. The molecule has 0 aliphatic carbocycles. The average molecular weight is 470 g/mol. The van der Waals surface area contributed by atoms with E-state index in [-0.39, 0.29) is 24.3 Å². The Morgan fingerprint density at radius 2 is 1.69 bits per heavy atom. The first kappa shape index (κ1) is 22.0. The normalized spacial score (nSPS) is 15.0. The molecule has 0 atom stereocenters. The topological polar surface area (TPSA) is 65.1 Å². The Morgan fingerprint density at radius 3 is 2.41 bits per heavy atom. The van der Waals surface area contributed by atoms with Crippen LogP contribution in [0.5, 0.6) is 17.2 Å². The van der Waals surface area contributed by atoms with Gasteiger partial charge in [-0.25, -0.2) is 0 Å². The van der Waals surface area contributed by atoms with Crippen molar-refractivity contribution in [3.8, 4) is 17.2 Å². The van der Waals surface area contributed by atoms with E-state index >= 15 is 0 Å². The molecule has 0 saturated carbocycles. The standard InChI is InChI=1S/C24H20ClNO5S/c1-29-18-7-3-15-4-10-21(30-2)20(19(15)13-18)14-22-23(27)26(24(28)32-22)11-12-31-17-8-5-16(25)6-9-17/h3-10,13-14H,11-12H2,1-2H3/b22-14-. The number of carbonyl (C=O) groups is 2. The zero-order valence-electron chi connectivity index (χ0n) is 17.5. The first-order chi connectivity index (χ1) is 15.5. The first-order valence-corrected chi connectivity index (χ1v) is 11.0. The molecule has 0 radical (unpaired) electrons. The van der Waals surface area contributed by atoms with Gasteiger partial charge < -0.3 is 14.2 Å². The van der Waals surface area contributed by atoms with Gasteiger partial charge in [-0.3, -0.25) is 14.5 Å². The van der Waals surface area contributed by atoms with Crippen LogP contribution < -0.4 is 14.2 Å². The number of methoxy groups -OCH3 is 2. The van der Waals surface area contributed by atoms with Crippen LogP contribution in [0, 0.1) is 0 Å². The van der Waals surface area contributed by atoms with Gasteiger partial charge in [0.1, 0.15) is 23.9 Å². The summed E-state index contributed by atoms with van der Waals surface area (Å²) >= 11 is 6.77. The van der Waals surface area contributed by atoms with Gasteiger partial charge in [-0.05, 0) is 71.1 Å². The predicted octanol–water partition coefficient (Wildman–Crippen LogP) is 5.63. The quantitative estimate of drug-likeness (QED) is 0.418. The number of carbonyl (C=O) groups excluding carboxylic acids is 2. The van der Waals surface area contributed by atoms with Crippen molar-refractivity contribution in [2.75, 3.05) is 27.4 Å². The van der Waals surface area contributed by atoms with E-state index in [2.05, 4.69) is 0 Å². The molecule has 0 unspecified atom stereocenters. The third-order valence-electron chi connectivity index (χ3n) is 5.00. The Morgan fingerprint density at radius 1 is 0.969 bits per heavy atom. The van der Waals surface area contributed by atoms with Gasteiger partial charge in [-0.2, -0.15) is 0 Å². The lowest BCUT2D eigenvalue weighted by Gasteiger charge is -2.13. The zero-order valence-corrected chi connectivity index (χ0v) is 19.0. The van der Waals surface area contributed by atoms with Crippen molar-refractivity contribution in [3.05, 3.63) is 70.1 Å². The van der Waals surface area contributed by atoms with E-state index in [4.69, 9.17) is 25.8 Å². The van der Waals surface area contributed by atoms with Crippen LogP contribution in [0.25, 0.3) is 16.8 Å². The van der Waals surface area contributed by atoms with Gasteiger partial charge in [0.05, 0.1) is 25.7 Å². The van der Waals surface area contributed by atoms with E-state index in [9.17, 15) is 9.59 Å². The molecule has 1 fully saturated rings. The molecule has 6 nitrogen and oxygen atoms in total. The Hall–Kier alpha value is -3.16. The summed E-state index contributed by atoms with van der Waals surface area (Å²) in [5.41, 5.74) is 0.715. The van der Waals surface area contributed by atoms with Gasteiger partial charge in [0.25, 0.3) is 11.1 Å². The maximum absolute atomic E-state index is 12.9. The number of ether oxygens (including phenoxy) is 3. The predicted molar refractivity (Wildman–Crippen MR) is 127 cm³/mol. The van der Waals surface area contributed by atoms with Crippen molar-refractivity contribution in [2.24, 2.45) is 0 Å². The lowest BCUT2D eigenvalue weighted by atomic mass is 10.0. The summed E-state index contributed by atoms with van der Waals surface area (Å²) in [6, 6.07) is 16.4. The number of nitrogens with zero attached hydrogens (tertiary/aromatic N) is 1. The van der Waals surface area contributed by atoms with Crippen molar-refractivity contribution < 1.29 is 23.8 Å². The van der Waals surface area contributed by atoms with E-state index in [1.165, 1.54) is 4.90 Å². The minimum atomic E-state index is -0.360. The fourth-order valence-electron chi connectivity index (χ4n) is 3.37. The highest BCUT2D eigenvalue weighted by molar-refractivity contribution is 8.18. The van der Waals surface area contributed by atoms with Crippen molar-refractivity contribution >= 4 is 51.4 Å². The number of rotatable bonds is 7. The fraction of sp³-hybridized carbons (Fsp3) is 0.167. The zero-order chi connectivity index (χ0) is 22.7. The van der Waals surface area contributed by atoms with E-state index < -0.39 is 0 Å². The maximum Gasteiger partial charge on any atom is 0.293 e. The van der Waals surface area contributed by atoms with Gasteiger partial charge in [-0.1, -0.05) is 23.7 Å². The largest absolute Gasteiger partial charge is 0.497 e. The third-order valence-corrected chi connectivity index (χ3v) is 6.16. The molecule has 1 heterocycles. The van der Waals surface area contributed by atoms with Crippen LogP contribution in [0.1, 0.15) is 5.56 Å². The number of halogens is 1. The van der Waals surface area contributed by atoms with Crippen LogP contribution in [-0.4, -0.2) is 43.4 Å². The van der Waals surface area contributed by atoms with Crippen molar-refractivity contribution in [3.63, 3.8) is 0 Å². The van der Waals surface area contributed by atoms with Crippen molar-refractivity contribution in [1.29, 1.82) is 0 Å². The number of thioether (sulfide) groups is 1. The molecule has 0 spiro atoms. The van der Waals surface area contributed by atoms with Gasteiger partial charge >= 0.3 is 0 Å². The summed E-state index contributed by atoms with van der Waals surface area (Å²) in [7, 11) is 3.16. The summed E-state index contributed by atoms with van der Waals surface area (Å²) in [5.74, 6) is 1.55. The molecule has 8 heteroatoms. The lowest BCUT2D eigenvalue weighted by molar-refractivity contribution is -0.123. The van der Waals surface area contributed by atoms with Crippen LogP contribution in [0.2, 0.25) is 5.02 Å². The Labute approximate surface area is 194 Å². The SMILES string of the molecule is COc1ccc2ccc(OC)c(/C=C3\SC(=O)N(CCOc4ccc(Cl)cc4)C3=O)c2c1. The van der Waals surface area contributed by atoms with Gasteiger partial charge in [0.15, 0.2) is 0 Å². The molecule has 3 aromatic carbocycles. The average Bonchev–Trinajstić information content (AvgIpc) is 3.07. The second-order valence-electron chi connectivity index (χ2n) is 6.90. The highest BCUT2D eigenvalue weighted by Crippen LogP contribution is 2.37. The van der Waals surface area contributed by atoms with E-state index in [0.29, 0.717) is 32.7 Å². The Bertz CT molecular complexity index is 1200. The molecule has 1 aliphatic rings. The molecular formula is C24H20ClNO5S. The number of hydrogen-bond acceptors (Lipinski definition) is 6. The molecule has 3 aromatic rings. The second-order valence-corrected chi connectivity index (χ2v) is 8.33. The molecule has 2 amide bonds. The van der Waals surface area contributed by atoms with Crippen molar-refractivity contribution in [2.45, 2.75) is 0 Å². The monoisotopic (exact) mass is 469 g/mol. The van der Waals surface area contributed by atoms with E-state index in [1.807, 2.05) is 30.3 Å². The molecule has 0 bridgehead atoms. The minimum absolute atomic E-state index is 0.144. The smallest absolute Gasteiger partial charge is 0.293 e. The summed E-state index contributed by atoms with van der Waals surface area (Å²) in [6.45, 7) is 0.326. The summed E-state index contributed by atoms with van der Waals surface area (Å²) in [4.78, 5) is 27.0. The molecule has 4 rings (SSSR count). The third kappa shape index (κ3) is 4.54. The molecule has 1 aliphatic heterocycles. The number of fused-ring (bicyclic) bond motifs is 1. The Balaban J connectivity index is 1.57. The van der Waals surface area contributed by atoms with E-state index in [1.54, 1.807) is 44.6 Å². The maximum atomic E-state index is 12.9. The van der Waals surface area contributed by atoms with Crippen LogP contribution in [-0.2, 0) is 4.79 Å². The summed E-state index contributed by atoms with van der Waals surface area (Å²) < 4.78 is 16.5. The highest BCUT2D eigenvalue weighted by atomic mass is 35.5. The van der Waals surface area contributed by atoms with Crippen LogP contribution in [0.4, 0.5) is 4.79 Å². The molecule has 32 heavy (non-hydrogen) atoms.